The lowest BCUT2D eigenvalue weighted by atomic mass is 10.1. The summed E-state index contributed by atoms with van der Waals surface area (Å²) < 4.78 is 44.1. The highest BCUT2D eigenvalue weighted by Gasteiger charge is 2.21. The predicted octanol–water partition coefficient (Wildman–Crippen LogP) is 1.98. The maximum Gasteiger partial charge on any atom is 0.233 e. The van der Waals surface area contributed by atoms with Crippen LogP contribution in [0.1, 0.15) is 17.4 Å². The van der Waals surface area contributed by atoms with Crippen molar-refractivity contribution >= 4 is 0 Å². The quantitative estimate of drug-likeness (QED) is 0.866. The number of hydrogen-bond acceptors (Lipinski definition) is 4. The van der Waals surface area contributed by atoms with Crippen molar-refractivity contribution in [2.45, 2.75) is 6.10 Å². The number of hydrogen-bond donors (Lipinski definition) is 1. The van der Waals surface area contributed by atoms with Gasteiger partial charge in [0.25, 0.3) is 0 Å². The Kier molecular flexibility index (Phi) is 3.66. The first-order valence-electron chi connectivity index (χ1n) is 5.23. The van der Waals surface area contributed by atoms with Gasteiger partial charge in [-0.2, -0.15) is 0 Å². The van der Waals surface area contributed by atoms with Gasteiger partial charge in [-0.05, 0) is 18.2 Å². The van der Waals surface area contributed by atoms with Crippen LogP contribution in [0.3, 0.4) is 0 Å². The molecule has 0 bridgehead atoms. The van der Waals surface area contributed by atoms with Gasteiger partial charge in [0, 0.05) is 11.6 Å². The van der Waals surface area contributed by atoms with E-state index < -0.39 is 29.1 Å². The van der Waals surface area contributed by atoms with E-state index in [0.717, 1.165) is 12.1 Å². The molecule has 0 fully saturated rings. The van der Waals surface area contributed by atoms with E-state index in [9.17, 15) is 18.3 Å². The molecule has 1 atom stereocenters. The second-order valence-corrected chi connectivity index (χ2v) is 3.67. The van der Waals surface area contributed by atoms with Gasteiger partial charge in [-0.1, -0.05) is 0 Å². The van der Waals surface area contributed by atoms with Crippen molar-refractivity contribution < 1.29 is 23.0 Å². The van der Waals surface area contributed by atoms with Gasteiger partial charge in [-0.3, -0.25) is 0 Å². The van der Waals surface area contributed by atoms with Crippen LogP contribution in [-0.2, 0) is 0 Å². The van der Waals surface area contributed by atoms with E-state index in [1.807, 2.05) is 0 Å². The summed E-state index contributed by atoms with van der Waals surface area (Å²) in [4.78, 5) is 0. The van der Waals surface area contributed by atoms with Crippen LogP contribution in [0.5, 0.6) is 5.88 Å². The molecule has 0 aliphatic heterocycles. The SMILES string of the molecule is COc1ccc(C(O)c2ccc(F)c(F)c2F)nn1. The van der Waals surface area contributed by atoms with Crippen molar-refractivity contribution in [1.82, 2.24) is 10.2 Å². The predicted molar refractivity (Wildman–Crippen MR) is 59.0 cm³/mol. The fourth-order valence-electron chi connectivity index (χ4n) is 1.50. The molecule has 7 heteroatoms. The van der Waals surface area contributed by atoms with Crippen LogP contribution in [0.15, 0.2) is 24.3 Å². The summed E-state index contributed by atoms with van der Waals surface area (Å²) in [5.41, 5.74) is -0.427. The first kappa shape index (κ1) is 13.3. The Labute approximate surface area is 106 Å². The normalized spacial score (nSPS) is 12.3. The van der Waals surface area contributed by atoms with E-state index in [0.29, 0.717) is 0 Å². The highest BCUT2D eigenvalue weighted by Crippen LogP contribution is 2.25. The van der Waals surface area contributed by atoms with Crippen LogP contribution in [-0.4, -0.2) is 22.4 Å². The van der Waals surface area contributed by atoms with Crippen molar-refractivity contribution in [1.29, 1.82) is 0 Å². The minimum Gasteiger partial charge on any atom is -0.480 e. The van der Waals surface area contributed by atoms with Gasteiger partial charge in [-0.15, -0.1) is 10.2 Å². The van der Waals surface area contributed by atoms with Crippen molar-refractivity contribution in [3.63, 3.8) is 0 Å². The average molecular weight is 270 g/mol. The molecule has 0 radical (unpaired) electrons. The lowest BCUT2D eigenvalue weighted by Gasteiger charge is -2.11. The molecule has 0 saturated heterocycles. The Morgan fingerprint density at radius 1 is 1.05 bits per heavy atom. The molecule has 1 unspecified atom stereocenters. The van der Waals surface area contributed by atoms with Gasteiger partial charge in [0.1, 0.15) is 6.10 Å². The monoisotopic (exact) mass is 270 g/mol. The average Bonchev–Trinajstić information content (AvgIpc) is 2.44. The maximum absolute atomic E-state index is 13.5. The zero-order valence-electron chi connectivity index (χ0n) is 9.77. The summed E-state index contributed by atoms with van der Waals surface area (Å²) in [6.45, 7) is 0. The molecule has 100 valence electrons. The summed E-state index contributed by atoms with van der Waals surface area (Å²) in [5, 5.41) is 17.1. The Bertz CT molecular complexity index is 590. The van der Waals surface area contributed by atoms with E-state index in [-0.39, 0.29) is 11.6 Å². The summed E-state index contributed by atoms with van der Waals surface area (Å²) in [6.07, 6.45) is -1.55. The highest BCUT2D eigenvalue weighted by molar-refractivity contribution is 5.28. The molecule has 0 saturated carbocycles. The number of halogens is 3. The van der Waals surface area contributed by atoms with E-state index in [1.165, 1.54) is 19.2 Å². The third-order valence-corrected chi connectivity index (χ3v) is 2.51. The largest absolute Gasteiger partial charge is 0.480 e. The van der Waals surface area contributed by atoms with E-state index >= 15 is 0 Å². The van der Waals surface area contributed by atoms with Gasteiger partial charge in [0.15, 0.2) is 17.5 Å². The van der Waals surface area contributed by atoms with Crippen LogP contribution < -0.4 is 4.74 Å². The lowest BCUT2D eigenvalue weighted by molar-refractivity contribution is 0.206. The molecule has 1 aromatic heterocycles. The van der Waals surface area contributed by atoms with Gasteiger partial charge in [0.2, 0.25) is 5.88 Å². The first-order chi connectivity index (χ1) is 9.04. The molecule has 1 heterocycles. The maximum atomic E-state index is 13.5. The highest BCUT2D eigenvalue weighted by atomic mass is 19.2. The Morgan fingerprint density at radius 2 is 1.79 bits per heavy atom. The first-order valence-corrected chi connectivity index (χ1v) is 5.23. The Morgan fingerprint density at radius 3 is 2.37 bits per heavy atom. The molecule has 2 rings (SSSR count). The molecule has 2 aromatic rings. The fourth-order valence-corrected chi connectivity index (χ4v) is 1.50. The van der Waals surface area contributed by atoms with Crippen LogP contribution in [0.2, 0.25) is 0 Å². The van der Waals surface area contributed by atoms with Crippen molar-refractivity contribution in [2.24, 2.45) is 0 Å². The number of aliphatic hydroxyl groups excluding tert-OH is 1. The number of rotatable bonds is 3. The van der Waals surface area contributed by atoms with Gasteiger partial charge in [-0.25, -0.2) is 13.2 Å². The van der Waals surface area contributed by atoms with Crippen molar-refractivity contribution in [3.05, 3.63) is 53.0 Å². The lowest BCUT2D eigenvalue weighted by Crippen LogP contribution is -2.08. The minimum absolute atomic E-state index is 0.00860. The summed E-state index contributed by atoms with van der Waals surface area (Å²) >= 11 is 0. The van der Waals surface area contributed by atoms with E-state index in [4.69, 9.17) is 4.74 Å². The molecule has 19 heavy (non-hydrogen) atoms. The molecular weight excluding hydrogens is 261 g/mol. The Balaban J connectivity index is 2.38. The Hall–Kier alpha value is -2.15. The smallest absolute Gasteiger partial charge is 0.233 e. The second-order valence-electron chi connectivity index (χ2n) is 3.67. The molecule has 1 N–H and O–H groups in total. The zero-order chi connectivity index (χ0) is 14.0. The molecule has 0 spiro atoms. The molecule has 0 amide bonds. The van der Waals surface area contributed by atoms with E-state index in [1.54, 1.807) is 0 Å². The van der Waals surface area contributed by atoms with Crippen LogP contribution in [0, 0.1) is 17.5 Å². The van der Waals surface area contributed by atoms with Crippen LogP contribution in [0.25, 0.3) is 0 Å². The number of benzene rings is 1. The zero-order valence-corrected chi connectivity index (χ0v) is 9.77. The van der Waals surface area contributed by atoms with Crippen molar-refractivity contribution in [3.8, 4) is 5.88 Å². The molecule has 0 aliphatic carbocycles. The third kappa shape index (κ3) is 2.50. The van der Waals surface area contributed by atoms with Gasteiger partial charge < -0.3 is 9.84 Å². The van der Waals surface area contributed by atoms with Crippen LogP contribution >= 0.6 is 0 Å². The fraction of sp³-hybridized carbons (Fsp3) is 0.167. The standard InChI is InChI=1S/C12H9F3N2O2/c1-19-9-5-4-8(16-17-9)12(18)6-2-3-7(13)11(15)10(6)14/h2-5,12,18H,1H3. The minimum atomic E-state index is -1.64. The third-order valence-electron chi connectivity index (χ3n) is 2.51. The van der Waals surface area contributed by atoms with Crippen LogP contribution in [0.4, 0.5) is 13.2 Å². The molecular formula is C12H9F3N2O2. The number of aromatic nitrogens is 2. The molecule has 0 aliphatic rings. The second kappa shape index (κ2) is 5.23. The van der Waals surface area contributed by atoms with E-state index in [2.05, 4.69) is 10.2 Å². The summed E-state index contributed by atoms with van der Waals surface area (Å²) in [5.74, 6) is -4.21. The van der Waals surface area contributed by atoms with Gasteiger partial charge in [0.05, 0.1) is 12.8 Å². The summed E-state index contributed by atoms with van der Waals surface area (Å²) in [6, 6.07) is 4.43. The summed E-state index contributed by atoms with van der Waals surface area (Å²) in [7, 11) is 1.38. The number of nitrogens with zero attached hydrogens (tertiary/aromatic N) is 2. The molecule has 1 aromatic carbocycles. The van der Waals surface area contributed by atoms with Crippen molar-refractivity contribution in [2.75, 3.05) is 7.11 Å². The van der Waals surface area contributed by atoms with Gasteiger partial charge >= 0.3 is 0 Å². The number of ether oxygens (including phenoxy) is 1. The topological polar surface area (TPSA) is 55.2 Å². The molecule has 4 nitrogen and oxygen atoms in total. The number of methoxy groups -OCH3 is 1. The number of aliphatic hydroxyl groups is 1.